The third kappa shape index (κ3) is 3.41. The zero-order valence-electron chi connectivity index (χ0n) is 14.3. The molecule has 2 saturated heterocycles. The lowest BCUT2D eigenvalue weighted by Gasteiger charge is -2.24. The highest BCUT2D eigenvalue weighted by Crippen LogP contribution is 2.21. The maximum Gasteiger partial charge on any atom is 0.274 e. The zero-order valence-corrected chi connectivity index (χ0v) is 15.1. The van der Waals surface area contributed by atoms with Crippen molar-refractivity contribution in [1.82, 2.24) is 20.0 Å². The second-order valence-electron chi connectivity index (χ2n) is 6.86. The number of hydrogen-bond acceptors (Lipinski definition) is 4. The fraction of sp³-hybridized carbons (Fsp3) is 0.500. The summed E-state index contributed by atoms with van der Waals surface area (Å²) in [5.74, 6) is 0.0978. The van der Waals surface area contributed by atoms with Crippen LogP contribution in [0.4, 0.5) is 0 Å². The van der Waals surface area contributed by atoms with Crippen molar-refractivity contribution < 1.29 is 4.79 Å². The Morgan fingerprint density at radius 3 is 2.72 bits per heavy atom. The highest BCUT2D eigenvalue weighted by atomic mass is 35.5. The van der Waals surface area contributed by atoms with Gasteiger partial charge in [0.1, 0.15) is 0 Å². The third-order valence-corrected chi connectivity index (χ3v) is 5.23. The van der Waals surface area contributed by atoms with Crippen LogP contribution in [-0.4, -0.2) is 45.8 Å². The Labute approximate surface area is 152 Å². The zero-order chi connectivity index (χ0) is 16.7. The summed E-state index contributed by atoms with van der Waals surface area (Å²) >= 11 is 0. The molecule has 0 aliphatic carbocycles. The standard InChI is InChI=1S/C18H22N4O2.ClH/c1-21-18(24)15-5-3-2-4-14(15)16(20-21)10-17(23)22-9-8-12-6-7-13(11-22)19-12;/h2-5,12-13,19H,6-11H2,1H3;1H. The van der Waals surface area contributed by atoms with Gasteiger partial charge in [0.05, 0.1) is 17.5 Å². The average molecular weight is 363 g/mol. The fourth-order valence-corrected chi connectivity index (χ4v) is 3.93. The number of amides is 1. The van der Waals surface area contributed by atoms with Gasteiger partial charge in [0.2, 0.25) is 5.91 Å². The summed E-state index contributed by atoms with van der Waals surface area (Å²) < 4.78 is 1.33. The molecule has 2 aromatic rings. The van der Waals surface area contributed by atoms with Gasteiger partial charge in [-0.25, -0.2) is 4.68 Å². The van der Waals surface area contributed by atoms with E-state index in [-0.39, 0.29) is 30.3 Å². The van der Waals surface area contributed by atoms with Gasteiger partial charge < -0.3 is 10.2 Å². The lowest BCUT2D eigenvalue weighted by Crippen LogP contribution is -2.40. The van der Waals surface area contributed by atoms with Gasteiger partial charge in [-0.05, 0) is 25.3 Å². The predicted octanol–water partition coefficient (Wildman–Crippen LogP) is 1.25. The van der Waals surface area contributed by atoms with Crippen molar-refractivity contribution in [3.05, 3.63) is 40.3 Å². The minimum Gasteiger partial charge on any atom is -0.341 e. The topological polar surface area (TPSA) is 67.2 Å². The summed E-state index contributed by atoms with van der Waals surface area (Å²) in [7, 11) is 1.64. The number of nitrogens with zero attached hydrogens (tertiary/aromatic N) is 3. The Morgan fingerprint density at radius 2 is 1.92 bits per heavy atom. The molecule has 0 radical (unpaired) electrons. The number of carbonyl (C=O) groups excluding carboxylic acids is 1. The highest BCUT2D eigenvalue weighted by Gasteiger charge is 2.31. The monoisotopic (exact) mass is 362 g/mol. The van der Waals surface area contributed by atoms with Crippen LogP contribution in [0.25, 0.3) is 10.8 Å². The Hall–Kier alpha value is -1.92. The van der Waals surface area contributed by atoms with E-state index in [0.717, 1.165) is 31.3 Å². The molecule has 25 heavy (non-hydrogen) atoms. The van der Waals surface area contributed by atoms with E-state index in [1.54, 1.807) is 13.1 Å². The summed E-state index contributed by atoms with van der Waals surface area (Å²) in [6.45, 7) is 1.58. The Balaban J connectivity index is 0.00000182. The molecule has 2 fully saturated rings. The van der Waals surface area contributed by atoms with Crippen LogP contribution < -0.4 is 10.9 Å². The van der Waals surface area contributed by atoms with Gasteiger partial charge in [0.15, 0.2) is 0 Å². The van der Waals surface area contributed by atoms with Crippen LogP contribution in [0.5, 0.6) is 0 Å². The first-order chi connectivity index (χ1) is 11.6. The molecule has 1 aromatic heterocycles. The molecule has 1 N–H and O–H groups in total. The van der Waals surface area contributed by atoms with E-state index >= 15 is 0 Å². The number of likely N-dealkylation sites (tertiary alicyclic amines) is 1. The quantitative estimate of drug-likeness (QED) is 0.873. The van der Waals surface area contributed by atoms with Gasteiger partial charge in [0.25, 0.3) is 5.56 Å². The molecule has 3 heterocycles. The molecular weight excluding hydrogens is 340 g/mol. The average Bonchev–Trinajstić information content (AvgIpc) is 2.91. The van der Waals surface area contributed by atoms with E-state index in [9.17, 15) is 9.59 Å². The number of aromatic nitrogens is 2. The Bertz CT molecular complexity index is 851. The van der Waals surface area contributed by atoms with Crippen LogP contribution in [0.15, 0.2) is 29.1 Å². The van der Waals surface area contributed by atoms with Crippen molar-refractivity contribution in [1.29, 1.82) is 0 Å². The molecule has 6 nitrogen and oxygen atoms in total. The van der Waals surface area contributed by atoms with E-state index in [1.165, 1.54) is 11.1 Å². The van der Waals surface area contributed by atoms with Crippen molar-refractivity contribution in [2.75, 3.05) is 13.1 Å². The van der Waals surface area contributed by atoms with E-state index < -0.39 is 0 Å². The number of carbonyl (C=O) groups is 1. The van der Waals surface area contributed by atoms with E-state index in [1.807, 2.05) is 23.1 Å². The molecule has 134 valence electrons. The van der Waals surface area contributed by atoms with Crippen molar-refractivity contribution >= 4 is 29.1 Å². The number of fused-ring (bicyclic) bond motifs is 3. The molecule has 2 atom stereocenters. The number of hydrogen-bond donors (Lipinski definition) is 1. The fourth-order valence-electron chi connectivity index (χ4n) is 3.93. The van der Waals surface area contributed by atoms with Crippen molar-refractivity contribution in [2.24, 2.45) is 7.05 Å². The number of nitrogens with one attached hydrogen (secondary N) is 1. The van der Waals surface area contributed by atoms with Crippen LogP contribution in [0, 0.1) is 0 Å². The van der Waals surface area contributed by atoms with Gasteiger partial charge >= 0.3 is 0 Å². The second kappa shape index (κ2) is 7.14. The summed E-state index contributed by atoms with van der Waals surface area (Å²) in [6, 6.07) is 8.37. The normalized spacial score (nSPS) is 22.5. The van der Waals surface area contributed by atoms with Crippen molar-refractivity contribution in [3.8, 4) is 0 Å². The minimum absolute atomic E-state index is 0. The smallest absolute Gasteiger partial charge is 0.274 e. The Morgan fingerprint density at radius 1 is 1.20 bits per heavy atom. The van der Waals surface area contributed by atoms with E-state index in [4.69, 9.17) is 0 Å². The van der Waals surface area contributed by atoms with Crippen molar-refractivity contribution in [3.63, 3.8) is 0 Å². The number of halogens is 1. The molecule has 2 aliphatic heterocycles. The first-order valence-corrected chi connectivity index (χ1v) is 8.60. The van der Waals surface area contributed by atoms with Crippen molar-refractivity contribution in [2.45, 2.75) is 37.8 Å². The molecule has 0 saturated carbocycles. The summed E-state index contributed by atoms with van der Waals surface area (Å²) in [5, 5.41) is 9.34. The summed E-state index contributed by atoms with van der Waals surface area (Å²) in [4.78, 5) is 27.0. The number of benzene rings is 1. The molecule has 2 unspecified atom stereocenters. The molecule has 2 bridgehead atoms. The van der Waals surface area contributed by atoms with Gasteiger partial charge in [-0.3, -0.25) is 9.59 Å². The van der Waals surface area contributed by atoms with Gasteiger partial charge in [-0.1, -0.05) is 18.2 Å². The largest absolute Gasteiger partial charge is 0.341 e. The lowest BCUT2D eigenvalue weighted by molar-refractivity contribution is -0.130. The summed E-state index contributed by atoms with van der Waals surface area (Å²) in [6.07, 6.45) is 3.63. The highest BCUT2D eigenvalue weighted by molar-refractivity contribution is 5.88. The Kier molecular flexibility index (Phi) is 5.11. The van der Waals surface area contributed by atoms with E-state index in [0.29, 0.717) is 23.2 Å². The first kappa shape index (κ1) is 17.9. The van der Waals surface area contributed by atoms with Crippen LogP contribution in [0.2, 0.25) is 0 Å². The van der Waals surface area contributed by atoms with Gasteiger partial charge in [-0.15, -0.1) is 12.4 Å². The maximum atomic E-state index is 12.8. The van der Waals surface area contributed by atoms with Crippen LogP contribution in [0.1, 0.15) is 25.0 Å². The van der Waals surface area contributed by atoms with Crippen LogP contribution in [0.3, 0.4) is 0 Å². The number of aryl methyl sites for hydroxylation is 1. The van der Waals surface area contributed by atoms with Gasteiger partial charge in [0, 0.05) is 37.6 Å². The van der Waals surface area contributed by atoms with Crippen LogP contribution >= 0.6 is 12.4 Å². The predicted molar refractivity (Wildman–Crippen MR) is 99.1 cm³/mol. The molecule has 1 aromatic carbocycles. The summed E-state index contributed by atoms with van der Waals surface area (Å²) in [5.41, 5.74) is 0.554. The van der Waals surface area contributed by atoms with Crippen LogP contribution in [-0.2, 0) is 18.3 Å². The molecule has 4 rings (SSSR count). The SMILES string of the molecule is Cl.Cn1nc(CC(=O)N2CCC3CCC(C2)N3)c2ccccc2c1=O. The maximum absolute atomic E-state index is 12.8. The number of rotatable bonds is 2. The second-order valence-corrected chi connectivity index (χ2v) is 6.86. The molecule has 0 spiro atoms. The third-order valence-electron chi connectivity index (χ3n) is 5.23. The van der Waals surface area contributed by atoms with E-state index in [2.05, 4.69) is 10.4 Å². The lowest BCUT2D eigenvalue weighted by atomic mass is 10.1. The molecule has 1 amide bonds. The van der Waals surface area contributed by atoms with Gasteiger partial charge in [-0.2, -0.15) is 5.10 Å². The first-order valence-electron chi connectivity index (χ1n) is 8.60. The molecule has 2 aliphatic rings. The molecule has 7 heteroatoms. The minimum atomic E-state index is -0.127. The molecular formula is C18H23ClN4O2.